The number of nitrogens with zero attached hydrogens (tertiary/aromatic N) is 1. The van der Waals surface area contributed by atoms with Crippen molar-refractivity contribution in [3.8, 4) is 5.19 Å². The number of aromatic nitrogens is 1. The fourth-order valence-electron chi connectivity index (χ4n) is 0.864. The van der Waals surface area contributed by atoms with Crippen molar-refractivity contribution < 1.29 is 14.6 Å². The van der Waals surface area contributed by atoms with E-state index in [9.17, 15) is 4.79 Å². The normalized spacial score (nSPS) is 12.5. The van der Waals surface area contributed by atoms with Gasteiger partial charge in [0.1, 0.15) is 5.92 Å². The summed E-state index contributed by atoms with van der Waals surface area (Å²) in [6.07, 6.45) is 1.48. The molecule has 0 radical (unpaired) electrons. The highest BCUT2D eigenvalue weighted by Gasteiger charge is 2.20. The van der Waals surface area contributed by atoms with E-state index in [0.29, 0.717) is 10.1 Å². The number of nitrogens with two attached hydrogens (primary N) is 1. The second-order valence-corrected chi connectivity index (χ2v) is 3.38. The highest BCUT2D eigenvalue weighted by molar-refractivity contribution is 7.13. The van der Waals surface area contributed by atoms with Crippen LogP contribution in [0.3, 0.4) is 0 Å². The Hall–Kier alpha value is -1.14. The Morgan fingerprint density at radius 1 is 1.92 bits per heavy atom. The number of rotatable bonds is 4. The van der Waals surface area contributed by atoms with Crippen LogP contribution in [0, 0.1) is 0 Å². The van der Waals surface area contributed by atoms with Crippen LogP contribution in [0.15, 0.2) is 6.20 Å². The predicted molar refractivity (Wildman–Crippen MR) is 48.1 cm³/mol. The van der Waals surface area contributed by atoms with Crippen molar-refractivity contribution in [1.29, 1.82) is 0 Å². The van der Waals surface area contributed by atoms with Gasteiger partial charge in [-0.15, -0.1) is 0 Å². The summed E-state index contributed by atoms with van der Waals surface area (Å²) in [6.45, 7) is 0.0701. The van der Waals surface area contributed by atoms with Crippen LogP contribution in [0.5, 0.6) is 5.19 Å². The molecule has 0 aromatic carbocycles. The van der Waals surface area contributed by atoms with Crippen molar-refractivity contribution in [1.82, 2.24) is 4.98 Å². The third-order valence-electron chi connectivity index (χ3n) is 1.55. The van der Waals surface area contributed by atoms with Crippen LogP contribution in [0.1, 0.15) is 10.8 Å². The van der Waals surface area contributed by atoms with E-state index in [4.69, 9.17) is 15.6 Å². The van der Waals surface area contributed by atoms with E-state index in [-0.39, 0.29) is 6.54 Å². The van der Waals surface area contributed by atoms with Gasteiger partial charge < -0.3 is 15.6 Å². The molecule has 0 aliphatic carbocycles. The first-order chi connectivity index (χ1) is 6.19. The lowest BCUT2D eigenvalue weighted by molar-refractivity contribution is -0.138. The van der Waals surface area contributed by atoms with Crippen LogP contribution in [0.2, 0.25) is 0 Å². The number of carboxylic acid groups (broad SMARTS) is 1. The molecule has 1 heterocycles. The highest BCUT2D eigenvalue weighted by atomic mass is 32.1. The SMILES string of the molecule is COc1ncc(C(CN)C(=O)O)s1. The van der Waals surface area contributed by atoms with Gasteiger partial charge in [-0.3, -0.25) is 4.79 Å². The Labute approximate surface area is 79.2 Å². The zero-order valence-electron chi connectivity index (χ0n) is 7.06. The molecule has 0 aliphatic heterocycles. The molecule has 0 fully saturated rings. The molecule has 1 atom stereocenters. The summed E-state index contributed by atoms with van der Waals surface area (Å²) >= 11 is 1.20. The molecule has 5 nitrogen and oxygen atoms in total. The first kappa shape index (κ1) is 9.94. The zero-order chi connectivity index (χ0) is 9.84. The van der Waals surface area contributed by atoms with E-state index < -0.39 is 11.9 Å². The van der Waals surface area contributed by atoms with Crippen molar-refractivity contribution in [3.63, 3.8) is 0 Å². The van der Waals surface area contributed by atoms with E-state index >= 15 is 0 Å². The van der Waals surface area contributed by atoms with Crippen LogP contribution in [-0.4, -0.2) is 29.7 Å². The zero-order valence-corrected chi connectivity index (χ0v) is 7.87. The third-order valence-corrected chi connectivity index (χ3v) is 2.63. The van der Waals surface area contributed by atoms with Crippen molar-refractivity contribution in [3.05, 3.63) is 11.1 Å². The standard InChI is InChI=1S/C7H10N2O3S/c1-12-7-9-3-5(13-7)4(2-8)6(10)11/h3-4H,2,8H2,1H3,(H,10,11). The number of aliphatic carboxylic acids is 1. The van der Waals surface area contributed by atoms with Crippen LogP contribution >= 0.6 is 11.3 Å². The number of methoxy groups -OCH3 is 1. The molecule has 72 valence electrons. The van der Waals surface area contributed by atoms with Crippen LogP contribution in [0.25, 0.3) is 0 Å². The molecule has 0 aliphatic rings. The minimum atomic E-state index is -0.936. The van der Waals surface area contributed by atoms with Gasteiger partial charge in [0.15, 0.2) is 0 Å². The summed E-state index contributed by atoms with van der Waals surface area (Å²) in [6, 6.07) is 0. The Morgan fingerprint density at radius 3 is 3.00 bits per heavy atom. The minimum Gasteiger partial charge on any atom is -0.481 e. The van der Waals surface area contributed by atoms with Gasteiger partial charge in [-0.1, -0.05) is 11.3 Å². The monoisotopic (exact) mass is 202 g/mol. The number of carbonyl (C=O) groups is 1. The van der Waals surface area contributed by atoms with Crippen LogP contribution < -0.4 is 10.5 Å². The van der Waals surface area contributed by atoms with Crippen molar-refractivity contribution >= 4 is 17.3 Å². The molecule has 1 aromatic heterocycles. The Morgan fingerprint density at radius 2 is 2.62 bits per heavy atom. The average molecular weight is 202 g/mol. The molecule has 1 unspecified atom stereocenters. The molecule has 0 bridgehead atoms. The molecule has 0 spiro atoms. The minimum absolute atomic E-state index is 0.0701. The van der Waals surface area contributed by atoms with E-state index in [2.05, 4.69) is 4.98 Å². The number of hydrogen-bond acceptors (Lipinski definition) is 5. The number of carboxylic acids is 1. The van der Waals surface area contributed by atoms with Crippen molar-refractivity contribution in [2.24, 2.45) is 5.73 Å². The van der Waals surface area contributed by atoms with Gasteiger partial charge in [0.05, 0.1) is 7.11 Å². The van der Waals surface area contributed by atoms with Gasteiger partial charge in [0, 0.05) is 17.6 Å². The summed E-state index contributed by atoms with van der Waals surface area (Å²) in [5.74, 6) is -1.62. The lowest BCUT2D eigenvalue weighted by Gasteiger charge is -2.04. The molecule has 6 heteroatoms. The summed E-state index contributed by atoms with van der Waals surface area (Å²) in [7, 11) is 1.49. The molecular weight excluding hydrogens is 192 g/mol. The molecular formula is C7H10N2O3S. The van der Waals surface area contributed by atoms with Gasteiger partial charge >= 0.3 is 5.97 Å². The van der Waals surface area contributed by atoms with Gasteiger partial charge in [0.2, 0.25) is 0 Å². The number of hydrogen-bond donors (Lipinski definition) is 2. The molecule has 3 N–H and O–H groups in total. The maximum absolute atomic E-state index is 10.7. The van der Waals surface area contributed by atoms with E-state index in [1.165, 1.54) is 24.6 Å². The molecule has 0 saturated heterocycles. The summed E-state index contributed by atoms with van der Waals surface area (Å²) in [5.41, 5.74) is 5.31. The maximum Gasteiger partial charge on any atom is 0.313 e. The summed E-state index contributed by atoms with van der Waals surface area (Å²) in [5, 5.41) is 9.22. The molecule has 1 aromatic rings. The Balaban J connectivity index is 2.85. The third kappa shape index (κ3) is 2.16. The summed E-state index contributed by atoms with van der Waals surface area (Å²) in [4.78, 5) is 15.2. The lowest BCUT2D eigenvalue weighted by Crippen LogP contribution is -2.19. The Kier molecular flexibility index (Phi) is 3.21. The smallest absolute Gasteiger partial charge is 0.313 e. The van der Waals surface area contributed by atoms with Crippen molar-refractivity contribution in [2.45, 2.75) is 5.92 Å². The maximum atomic E-state index is 10.7. The second-order valence-electron chi connectivity index (χ2n) is 2.36. The average Bonchev–Trinajstić information content (AvgIpc) is 2.53. The Bertz CT molecular complexity index is 300. The van der Waals surface area contributed by atoms with Crippen LogP contribution in [0.4, 0.5) is 0 Å². The second kappa shape index (κ2) is 4.20. The topological polar surface area (TPSA) is 85.4 Å². The highest BCUT2D eigenvalue weighted by Crippen LogP contribution is 2.26. The van der Waals surface area contributed by atoms with Gasteiger partial charge in [-0.25, -0.2) is 4.98 Å². The molecule has 0 saturated carbocycles. The fourth-order valence-corrected chi connectivity index (χ4v) is 1.70. The van der Waals surface area contributed by atoms with Gasteiger partial charge in [0.25, 0.3) is 5.19 Å². The first-order valence-electron chi connectivity index (χ1n) is 3.61. The van der Waals surface area contributed by atoms with E-state index in [1.807, 2.05) is 0 Å². The first-order valence-corrected chi connectivity index (χ1v) is 4.43. The molecule has 1 rings (SSSR count). The predicted octanol–water partition coefficient (Wildman–Crippen LogP) is 0.279. The quantitative estimate of drug-likeness (QED) is 0.732. The number of ether oxygens (including phenoxy) is 1. The molecule has 13 heavy (non-hydrogen) atoms. The lowest BCUT2D eigenvalue weighted by atomic mass is 10.1. The molecule has 0 amide bonds. The van der Waals surface area contributed by atoms with Gasteiger partial charge in [-0.05, 0) is 0 Å². The van der Waals surface area contributed by atoms with E-state index in [0.717, 1.165) is 0 Å². The van der Waals surface area contributed by atoms with Gasteiger partial charge in [-0.2, -0.15) is 0 Å². The number of thiazole rings is 1. The van der Waals surface area contributed by atoms with Crippen LogP contribution in [-0.2, 0) is 4.79 Å². The largest absolute Gasteiger partial charge is 0.481 e. The fraction of sp³-hybridized carbons (Fsp3) is 0.429. The summed E-state index contributed by atoms with van der Waals surface area (Å²) < 4.78 is 4.84. The van der Waals surface area contributed by atoms with Crippen molar-refractivity contribution in [2.75, 3.05) is 13.7 Å². The van der Waals surface area contributed by atoms with E-state index in [1.54, 1.807) is 0 Å².